The van der Waals surface area contributed by atoms with Gasteiger partial charge in [-0.05, 0) is 66.8 Å². The summed E-state index contributed by atoms with van der Waals surface area (Å²) in [5.74, 6) is 0.465. The molecule has 0 aromatic heterocycles. The van der Waals surface area contributed by atoms with Crippen molar-refractivity contribution in [2.45, 2.75) is 52.6 Å². The molecule has 3 aromatic rings. The first-order valence-corrected chi connectivity index (χ1v) is 17.2. The van der Waals surface area contributed by atoms with Gasteiger partial charge in [0.2, 0.25) is 21.8 Å². The lowest BCUT2D eigenvalue weighted by Crippen LogP contribution is -2.51. The van der Waals surface area contributed by atoms with E-state index in [9.17, 15) is 18.0 Å². The van der Waals surface area contributed by atoms with E-state index < -0.39 is 16.1 Å². The van der Waals surface area contributed by atoms with Gasteiger partial charge < -0.3 is 15.0 Å². The van der Waals surface area contributed by atoms with Crippen LogP contribution in [0.15, 0.2) is 83.3 Å². The van der Waals surface area contributed by atoms with Gasteiger partial charge in [-0.15, -0.1) is 0 Å². The van der Waals surface area contributed by atoms with Gasteiger partial charge in [0.1, 0.15) is 11.8 Å². The molecule has 10 heteroatoms. The Balaban J connectivity index is 1.86. The van der Waals surface area contributed by atoms with Crippen molar-refractivity contribution in [2.24, 2.45) is 5.92 Å². The maximum Gasteiger partial charge on any atom is 0.243 e. The summed E-state index contributed by atoms with van der Waals surface area (Å²) in [4.78, 5) is 29.2. The van der Waals surface area contributed by atoms with Crippen LogP contribution in [-0.4, -0.2) is 57.1 Å². The van der Waals surface area contributed by atoms with Crippen LogP contribution in [0.25, 0.3) is 0 Å². The zero-order valence-electron chi connectivity index (χ0n) is 25.3. The number of amides is 2. The molecule has 2 amide bonds. The van der Waals surface area contributed by atoms with E-state index in [4.69, 9.17) is 4.74 Å². The minimum Gasteiger partial charge on any atom is -0.494 e. The number of nitrogens with one attached hydrogen (secondary N) is 1. The molecule has 1 atom stereocenters. The van der Waals surface area contributed by atoms with E-state index in [1.165, 1.54) is 4.31 Å². The van der Waals surface area contributed by atoms with Crippen LogP contribution in [-0.2, 0) is 32.6 Å². The number of sulfonamides is 1. The predicted molar refractivity (Wildman–Crippen MR) is 176 cm³/mol. The molecule has 1 unspecified atom stereocenters. The van der Waals surface area contributed by atoms with E-state index in [2.05, 4.69) is 21.2 Å². The quantitative estimate of drug-likeness (QED) is 0.208. The molecule has 0 radical (unpaired) electrons. The van der Waals surface area contributed by atoms with E-state index in [0.717, 1.165) is 21.9 Å². The normalized spacial score (nSPS) is 12.0. The van der Waals surface area contributed by atoms with Gasteiger partial charge in [-0.3, -0.25) is 13.9 Å². The summed E-state index contributed by atoms with van der Waals surface area (Å²) in [6, 6.07) is 23.4. The van der Waals surface area contributed by atoms with Crippen LogP contribution in [0.3, 0.4) is 0 Å². The molecule has 232 valence electrons. The van der Waals surface area contributed by atoms with E-state index in [0.29, 0.717) is 31.0 Å². The van der Waals surface area contributed by atoms with Crippen molar-refractivity contribution in [1.29, 1.82) is 0 Å². The third-order valence-electron chi connectivity index (χ3n) is 6.79. The lowest BCUT2D eigenvalue weighted by molar-refractivity contribution is -0.141. The fourth-order valence-electron chi connectivity index (χ4n) is 4.69. The van der Waals surface area contributed by atoms with E-state index in [1.54, 1.807) is 29.2 Å². The summed E-state index contributed by atoms with van der Waals surface area (Å²) in [6.45, 7) is 7.28. The topological polar surface area (TPSA) is 96.0 Å². The molecule has 0 aliphatic rings. The summed E-state index contributed by atoms with van der Waals surface area (Å²) < 4.78 is 33.0. The number of anilines is 1. The van der Waals surface area contributed by atoms with Crippen molar-refractivity contribution in [2.75, 3.05) is 30.3 Å². The van der Waals surface area contributed by atoms with Gasteiger partial charge in [-0.1, -0.05) is 72.2 Å². The monoisotopic (exact) mass is 671 g/mol. The second kappa shape index (κ2) is 16.5. The van der Waals surface area contributed by atoms with Gasteiger partial charge in [0, 0.05) is 36.9 Å². The molecule has 0 spiro atoms. The van der Waals surface area contributed by atoms with Crippen molar-refractivity contribution in [3.8, 4) is 5.75 Å². The number of carbonyl (C=O) groups excluding carboxylic acids is 2. The molecule has 3 aromatic carbocycles. The Kier molecular flexibility index (Phi) is 13.1. The molecule has 0 saturated carbocycles. The number of hydrogen-bond acceptors (Lipinski definition) is 5. The van der Waals surface area contributed by atoms with Crippen molar-refractivity contribution in [3.05, 3.63) is 94.5 Å². The number of ether oxygens (including phenoxy) is 1. The van der Waals surface area contributed by atoms with Crippen molar-refractivity contribution >= 4 is 43.5 Å². The summed E-state index contributed by atoms with van der Waals surface area (Å²) in [5.41, 5.74) is 2.32. The van der Waals surface area contributed by atoms with Crippen molar-refractivity contribution in [1.82, 2.24) is 10.2 Å². The number of nitrogens with zero attached hydrogens (tertiary/aromatic N) is 2. The second-order valence-corrected chi connectivity index (χ2v) is 13.7. The van der Waals surface area contributed by atoms with Gasteiger partial charge in [0.15, 0.2) is 0 Å². The van der Waals surface area contributed by atoms with E-state index in [-0.39, 0.29) is 43.7 Å². The summed E-state index contributed by atoms with van der Waals surface area (Å²) in [6.07, 6.45) is 1.85. The van der Waals surface area contributed by atoms with E-state index in [1.807, 2.05) is 75.4 Å². The number of rotatable bonds is 16. The van der Waals surface area contributed by atoms with Crippen molar-refractivity contribution < 1.29 is 22.7 Å². The molecule has 43 heavy (non-hydrogen) atoms. The second-order valence-electron chi connectivity index (χ2n) is 10.9. The fraction of sp³-hybridized carbons (Fsp3) is 0.394. The third kappa shape index (κ3) is 11.0. The predicted octanol–water partition coefficient (Wildman–Crippen LogP) is 5.81. The number of halogens is 1. The van der Waals surface area contributed by atoms with E-state index >= 15 is 0 Å². The number of carbonyl (C=O) groups is 2. The molecule has 0 saturated heterocycles. The van der Waals surface area contributed by atoms with Crippen LogP contribution in [0.4, 0.5) is 5.69 Å². The highest BCUT2D eigenvalue weighted by atomic mass is 79.9. The average Bonchev–Trinajstić information content (AvgIpc) is 2.96. The Morgan fingerprint density at radius 2 is 1.63 bits per heavy atom. The van der Waals surface area contributed by atoms with Crippen LogP contribution >= 0.6 is 15.9 Å². The summed E-state index contributed by atoms with van der Waals surface area (Å²) >= 11 is 3.51. The molecule has 3 rings (SSSR count). The molecule has 8 nitrogen and oxygen atoms in total. The smallest absolute Gasteiger partial charge is 0.243 e. The Morgan fingerprint density at radius 3 is 2.23 bits per heavy atom. The van der Waals surface area contributed by atoms with Gasteiger partial charge >= 0.3 is 0 Å². The van der Waals surface area contributed by atoms with Crippen molar-refractivity contribution in [3.63, 3.8) is 0 Å². The average molecular weight is 673 g/mol. The third-order valence-corrected chi connectivity index (χ3v) is 8.47. The molecule has 0 heterocycles. The largest absolute Gasteiger partial charge is 0.494 e. The number of hydrogen-bond donors (Lipinski definition) is 1. The summed E-state index contributed by atoms with van der Waals surface area (Å²) in [5, 5.41) is 3.02. The zero-order chi connectivity index (χ0) is 31.4. The first-order valence-electron chi connectivity index (χ1n) is 14.5. The SMILES string of the molecule is CCOc1ccc(N(CCCC(=O)N(Cc2cccc(Br)c2)C(Cc2ccccc2)C(=O)NCC(C)C)S(C)(=O)=O)cc1. The highest BCUT2D eigenvalue weighted by Crippen LogP contribution is 2.23. The first kappa shape index (κ1) is 34.1. The Hall–Kier alpha value is -3.37. The fourth-order valence-corrected chi connectivity index (χ4v) is 6.10. The van der Waals surface area contributed by atoms with Crippen LogP contribution in [0.5, 0.6) is 5.75 Å². The Bertz CT molecular complexity index is 1430. The van der Waals surface area contributed by atoms with Crippen LogP contribution < -0.4 is 14.4 Å². The minimum absolute atomic E-state index is 0.0692. The Morgan fingerprint density at radius 1 is 0.953 bits per heavy atom. The molecule has 0 aliphatic carbocycles. The highest BCUT2D eigenvalue weighted by molar-refractivity contribution is 9.10. The zero-order valence-corrected chi connectivity index (χ0v) is 27.7. The first-order chi connectivity index (χ1) is 20.5. The highest BCUT2D eigenvalue weighted by Gasteiger charge is 2.30. The van der Waals surface area contributed by atoms with Gasteiger partial charge in [0.05, 0.1) is 18.6 Å². The maximum atomic E-state index is 13.9. The Labute approximate surface area is 264 Å². The number of benzene rings is 3. The molecular weight excluding hydrogens is 630 g/mol. The lowest BCUT2D eigenvalue weighted by Gasteiger charge is -2.32. The molecule has 1 N–H and O–H groups in total. The molecule has 0 aliphatic heterocycles. The standard InChI is InChI=1S/C33H42BrN3O5S/c1-5-42-30-18-16-29(17-19-30)37(43(4,40)41)20-10-15-32(38)36(24-27-13-9-14-28(34)21-27)31(33(39)35-23-25(2)3)22-26-11-7-6-8-12-26/h6-9,11-14,16-19,21,25,31H,5,10,15,20,22-24H2,1-4H3,(H,35,39). The summed E-state index contributed by atoms with van der Waals surface area (Å²) in [7, 11) is -3.60. The van der Waals surface area contributed by atoms with Gasteiger partial charge in [-0.25, -0.2) is 8.42 Å². The van der Waals surface area contributed by atoms with Crippen LogP contribution in [0.1, 0.15) is 44.7 Å². The minimum atomic E-state index is -3.60. The molecule has 0 bridgehead atoms. The van der Waals surface area contributed by atoms with Crippen LogP contribution in [0, 0.1) is 5.92 Å². The lowest BCUT2D eigenvalue weighted by atomic mass is 10.0. The maximum absolute atomic E-state index is 13.9. The van der Waals surface area contributed by atoms with Gasteiger partial charge in [0.25, 0.3) is 0 Å². The molecule has 0 fully saturated rings. The van der Waals surface area contributed by atoms with Gasteiger partial charge in [-0.2, -0.15) is 0 Å². The van der Waals surface area contributed by atoms with Crippen LogP contribution in [0.2, 0.25) is 0 Å². The molecular formula is C33H42BrN3O5S.